The number of aliphatic hydroxyl groups is 3. The van der Waals surface area contributed by atoms with E-state index in [2.05, 4.69) is 0 Å². The quantitative estimate of drug-likeness (QED) is 0.298. The first-order valence-corrected chi connectivity index (χ1v) is 10.8. The molecule has 0 aliphatic carbocycles. The molecule has 4 rings (SSSR count). The molecule has 5 atom stereocenters. The lowest BCUT2D eigenvalue weighted by Crippen LogP contribution is -2.60. The Hall–Kier alpha value is -3.70. The minimum atomic E-state index is -1.62. The number of benzene rings is 2. The number of carbonyl (C=O) groups is 1. The monoisotopic (exact) mass is 484 g/mol. The van der Waals surface area contributed by atoms with Crippen LogP contribution in [0.15, 0.2) is 70.1 Å². The predicted octanol–water partition coefficient (Wildman–Crippen LogP) is 1.47. The van der Waals surface area contributed by atoms with Gasteiger partial charge in [-0.2, -0.15) is 0 Å². The second kappa shape index (κ2) is 10.3. The van der Waals surface area contributed by atoms with E-state index in [0.29, 0.717) is 11.1 Å². The van der Waals surface area contributed by atoms with Gasteiger partial charge in [-0.25, -0.2) is 4.79 Å². The third-order valence-corrected chi connectivity index (χ3v) is 5.54. The van der Waals surface area contributed by atoms with E-state index in [9.17, 15) is 30.0 Å². The molecule has 0 amide bonds. The van der Waals surface area contributed by atoms with Crippen molar-refractivity contribution >= 4 is 16.9 Å². The molecule has 1 fully saturated rings. The summed E-state index contributed by atoms with van der Waals surface area (Å²) in [7, 11) is 0. The number of rotatable bonds is 6. The van der Waals surface area contributed by atoms with Crippen LogP contribution in [0.4, 0.5) is 0 Å². The van der Waals surface area contributed by atoms with Gasteiger partial charge in [0.1, 0.15) is 54.4 Å². The van der Waals surface area contributed by atoms with Crippen LogP contribution in [0.3, 0.4) is 0 Å². The molecule has 3 aromatic rings. The van der Waals surface area contributed by atoms with Crippen molar-refractivity contribution in [1.82, 2.24) is 0 Å². The van der Waals surface area contributed by atoms with Crippen molar-refractivity contribution in [3.05, 3.63) is 71.1 Å². The van der Waals surface area contributed by atoms with Gasteiger partial charge >= 0.3 is 5.97 Å². The van der Waals surface area contributed by atoms with E-state index in [4.69, 9.17) is 18.6 Å². The van der Waals surface area contributed by atoms with Crippen LogP contribution in [0.2, 0.25) is 0 Å². The van der Waals surface area contributed by atoms with Crippen molar-refractivity contribution < 1.29 is 43.8 Å². The lowest BCUT2D eigenvalue weighted by Gasteiger charge is -2.39. The summed E-state index contributed by atoms with van der Waals surface area (Å²) in [5.74, 6) is -0.420. The van der Waals surface area contributed by atoms with Crippen LogP contribution in [0.5, 0.6) is 11.5 Å². The number of esters is 1. The van der Waals surface area contributed by atoms with Crippen molar-refractivity contribution in [1.29, 1.82) is 0 Å². The number of hydrogen-bond acceptors (Lipinski definition) is 10. The highest BCUT2D eigenvalue weighted by Gasteiger charge is 2.45. The first-order valence-electron chi connectivity index (χ1n) is 10.8. The summed E-state index contributed by atoms with van der Waals surface area (Å²) in [6.07, 6.45) is -3.34. The Balaban J connectivity index is 1.53. The molecule has 0 unspecified atom stereocenters. The minimum Gasteiger partial charge on any atom is -0.508 e. The standard InChI is InChI=1S/C25H24O10/c1-2-3-20(27)33-12-19-22(29)23(30)24(31)25(35-19)34-15-8-9-16-18(10-15)32-11-17(21(16)28)13-4-6-14(26)7-5-13/h2-11,19,22-26,29-31H,12H2,1H3/t19-,22-,23+,24-,25-/m1/s1. The zero-order valence-electron chi connectivity index (χ0n) is 18.6. The highest BCUT2D eigenvalue weighted by atomic mass is 16.7. The Labute approximate surface area is 199 Å². The molecule has 4 N–H and O–H groups in total. The molecule has 35 heavy (non-hydrogen) atoms. The number of aromatic hydroxyl groups is 1. The molecular weight excluding hydrogens is 460 g/mol. The van der Waals surface area contributed by atoms with Gasteiger partial charge < -0.3 is 39.1 Å². The normalized spacial score (nSPS) is 24.5. The molecule has 1 aliphatic rings. The van der Waals surface area contributed by atoms with E-state index in [1.807, 2.05) is 0 Å². The summed E-state index contributed by atoms with van der Waals surface area (Å²) >= 11 is 0. The van der Waals surface area contributed by atoms with Gasteiger partial charge in [-0.3, -0.25) is 4.79 Å². The number of fused-ring (bicyclic) bond motifs is 1. The van der Waals surface area contributed by atoms with E-state index >= 15 is 0 Å². The van der Waals surface area contributed by atoms with Crippen molar-refractivity contribution in [2.75, 3.05) is 6.61 Å². The number of allylic oxidation sites excluding steroid dienone is 1. The van der Waals surface area contributed by atoms with Crippen LogP contribution in [0.1, 0.15) is 6.92 Å². The van der Waals surface area contributed by atoms with Gasteiger partial charge in [0.2, 0.25) is 6.29 Å². The van der Waals surface area contributed by atoms with Crippen molar-refractivity contribution in [3.63, 3.8) is 0 Å². The Morgan fingerprint density at radius 1 is 1.06 bits per heavy atom. The van der Waals surface area contributed by atoms with Crippen LogP contribution in [-0.4, -0.2) is 63.7 Å². The highest BCUT2D eigenvalue weighted by molar-refractivity contribution is 5.83. The van der Waals surface area contributed by atoms with Crippen LogP contribution in [-0.2, 0) is 14.3 Å². The van der Waals surface area contributed by atoms with E-state index in [1.54, 1.807) is 19.1 Å². The Morgan fingerprint density at radius 3 is 2.51 bits per heavy atom. The number of phenols is 1. The van der Waals surface area contributed by atoms with Crippen LogP contribution < -0.4 is 10.2 Å². The molecule has 2 heterocycles. The lowest BCUT2D eigenvalue weighted by molar-refractivity contribution is -0.278. The smallest absolute Gasteiger partial charge is 0.330 e. The molecule has 1 saturated heterocycles. The molecule has 2 aromatic carbocycles. The van der Waals surface area contributed by atoms with Crippen molar-refractivity contribution in [2.24, 2.45) is 0 Å². The predicted molar refractivity (Wildman–Crippen MR) is 123 cm³/mol. The SMILES string of the molecule is CC=CC(=O)OC[C@H]1O[C@@H](Oc2ccc3c(=O)c(-c4ccc(O)cc4)coc3c2)[C@H](O)[C@@H](O)[C@@H]1O. The topological polar surface area (TPSA) is 156 Å². The van der Waals surface area contributed by atoms with Gasteiger partial charge in [-0.15, -0.1) is 0 Å². The second-order valence-corrected chi connectivity index (χ2v) is 7.95. The number of carbonyl (C=O) groups excluding carboxylic acids is 1. The number of phenolic OH excluding ortho intramolecular Hbond substituents is 1. The zero-order valence-corrected chi connectivity index (χ0v) is 18.6. The largest absolute Gasteiger partial charge is 0.508 e. The first kappa shape index (κ1) is 24.4. The molecule has 1 aromatic heterocycles. The minimum absolute atomic E-state index is 0.0728. The zero-order chi connectivity index (χ0) is 25.1. The van der Waals surface area contributed by atoms with Crippen LogP contribution >= 0.6 is 0 Å². The van der Waals surface area contributed by atoms with Gasteiger partial charge in [0.25, 0.3) is 0 Å². The van der Waals surface area contributed by atoms with E-state index in [1.165, 1.54) is 48.7 Å². The molecule has 184 valence electrons. The second-order valence-electron chi connectivity index (χ2n) is 7.95. The number of ether oxygens (including phenoxy) is 3. The van der Waals surface area contributed by atoms with E-state index in [0.717, 1.165) is 0 Å². The van der Waals surface area contributed by atoms with Gasteiger partial charge in [0, 0.05) is 12.1 Å². The summed E-state index contributed by atoms with van der Waals surface area (Å²) in [4.78, 5) is 24.5. The molecule has 0 spiro atoms. The van der Waals surface area contributed by atoms with Gasteiger partial charge in [0.15, 0.2) is 5.43 Å². The molecule has 10 nitrogen and oxygen atoms in total. The van der Waals surface area contributed by atoms with Gasteiger partial charge in [-0.1, -0.05) is 18.2 Å². The highest BCUT2D eigenvalue weighted by Crippen LogP contribution is 2.28. The molecule has 1 aliphatic heterocycles. The average molecular weight is 484 g/mol. The summed E-state index contributed by atoms with van der Waals surface area (Å²) in [5, 5.41) is 40.4. The summed E-state index contributed by atoms with van der Waals surface area (Å²) in [5.41, 5.74) is 0.799. The molecule has 0 radical (unpaired) electrons. The summed E-state index contributed by atoms with van der Waals surface area (Å²) in [6.45, 7) is 1.26. The molecule has 10 heteroatoms. The van der Waals surface area contributed by atoms with E-state index in [-0.39, 0.29) is 34.5 Å². The third kappa shape index (κ3) is 5.20. The van der Waals surface area contributed by atoms with Crippen molar-refractivity contribution in [2.45, 2.75) is 37.6 Å². The number of hydrogen-bond donors (Lipinski definition) is 4. The summed E-state index contributed by atoms with van der Waals surface area (Å²) < 4.78 is 21.8. The summed E-state index contributed by atoms with van der Waals surface area (Å²) in [6, 6.07) is 10.5. The van der Waals surface area contributed by atoms with Gasteiger partial charge in [0.05, 0.1) is 10.9 Å². The maximum Gasteiger partial charge on any atom is 0.330 e. The Morgan fingerprint density at radius 2 is 1.80 bits per heavy atom. The lowest BCUT2D eigenvalue weighted by atomic mass is 9.99. The van der Waals surface area contributed by atoms with Crippen molar-refractivity contribution in [3.8, 4) is 22.6 Å². The van der Waals surface area contributed by atoms with Crippen LogP contribution in [0, 0.1) is 0 Å². The molecular formula is C25H24O10. The fourth-order valence-corrected chi connectivity index (χ4v) is 3.66. The van der Waals surface area contributed by atoms with E-state index < -0.39 is 36.7 Å². The maximum absolute atomic E-state index is 12.9. The first-order chi connectivity index (χ1) is 16.8. The Bertz CT molecular complexity index is 1280. The Kier molecular flexibility index (Phi) is 7.17. The fourth-order valence-electron chi connectivity index (χ4n) is 3.66. The van der Waals surface area contributed by atoms with Gasteiger partial charge in [-0.05, 0) is 36.8 Å². The third-order valence-electron chi connectivity index (χ3n) is 5.54. The maximum atomic E-state index is 12.9. The van der Waals surface area contributed by atoms with Crippen LogP contribution in [0.25, 0.3) is 22.1 Å². The average Bonchev–Trinajstić information content (AvgIpc) is 2.85. The molecule has 0 saturated carbocycles. The molecule has 0 bridgehead atoms. The fraction of sp³-hybridized carbons (Fsp3) is 0.280. The number of aliphatic hydroxyl groups excluding tert-OH is 3.